The van der Waals surface area contributed by atoms with Gasteiger partial charge in [0.25, 0.3) is 0 Å². The molecule has 0 aliphatic rings. The average Bonchev–Trinajstić information content (AvgIpc) is 3.25. The van der Waals surface area contributed by atoms with Crippen LogP contribution in [0.2, 0.25) is 0 Å². The first kappa shape index (κ1) is 18.3. The van der Waals surface area contributed by atoms with Crippen LogP contribution in [0, 0.1) is 0 Å². The van der Waals surface area contributed by atoms with Crippen LogP contribution in [0.4, 0.5) is 11.5 Å². The number of anilines is 2. The number of para-hydroxylation sites is 2. The van der Waals surface area contributed by atoms with Crippen LogP contribution in [0.25, 0.3) is 32.5 Å². The number of nitrogens with one attached hydrogen (secondary N) is 1. The number of benzene rings is 3. The number of nitrogens with zero attached hydrogens (tertiary/aromatic N) is 2. The minimum absolute atomic E-state index is 0.771. The maximum atomic E-state index is 5.48. The molecule has 0 saturated carbocycles. The van der Waals surface area contributed by atoms with E-state index in [1.807, 2.05) is 30.3 Å². The predicted molar refractivity (Wildman–Crippen MR) is 125 cm³/mol. The van der Waals surface area contributed by atoms with Crippen LogP contribution in [0.5, 0.6) is 5.75 Å². The van der Waals surface area contributed by atoms with Crippen molar-refractivity contribution in [3.8, 4) is 28.0 Å². The van der Waals surface area contributed by atoms with Gasteiger partial charge in [-0.15, -0.1) is 11.3 Å². The maximum Gasteiger partial charge on any atom is 0.143 e. The van der Waals surface area contributed by atoms with Crippen molar-refractivity contribution in [2.24, 2.45) is 0 Å². The smallest absolute Gasteiger partial charge is 0.143 e. The summed E-state index contributed by atoms with van der Waals surface area (Å²) in [5, 5.41) is 6.59. The van der Waals surface area contributed by atoms with E-state index >= 15 is 0 Å². The second kappa shape index (κ2) is 7.97. The lowest BCUT2D eigenvalue weighted by atomic mass is 10.0. The minimum atomic E-state index is 0.771. The molecule has 2 aromatic heterocycles. The van der Waals surface area contributed by atoms with Gasteiger partial charge in [-0.05, 0) is 28.8 Å². The van der Waals surface area contributed by atoms with Gasteiger partial charge in [-0.1, -0.05) is 66.7 Å². The summed E-state index contributed by atoms with van der Waals surface area (Å²) in [6.45, 7) is 0. The zero-order valence-electron chi connectivity index (χ0n) is 16.4. The molecule has 4 nitrogen and oxygen atoms in total. The second-order valence-corrected chi connectivity index (χ2v) is 7.68. The van der Waals surface area contributed by atoms with E-state index in [9.17, 15) is 0 Å². The summed E-state index contributed by atoms with van der Waals surface area (Å²) in [6.07, 6.45) is 1.60. The van der Waals surface area contributed by atoms with Gasteiger partial charge in [0, 0.05) is 10.9 Å². The molecule has 0 atom stereocenters. The van der Waals surface area contributed by atoms with Crippen LogP contribution < -0.4 is 10.1 Å². The molecule has 5 rings (SSSR count). The number of hydrogen-bond acceptors (Lipinski definition) is 5. The van der Waals surface area contributed by atoms with Crippen LogP contribution >= 0.6 is 11.3 Å². The minimum Gasteiger partial charge on any atom is -0.495 e. The summed E-state index contributed by atoms with van der Waals surface area (Å²) < 4.78 is 5.48. The van der Waals surface area contributed by atoms with Gasteiger partial charge in [-0.3, -0.25) is 0 Å². The molecular weight excluding hydrogens is 390 g/mol. The highest BCUT2D eigenvalue weighted by atomic mass is 32.1. The summed E-state index contributed by atoms with van der Waals surface area (Å²) in [6, 6.07) is 26.9. The van der Waals surface area contributed by atoms with Crippen LogP contribution in [0.1, 0.15) is 0 Å². The van der Waals surface area contributed by atoms with Gasteiger partial charge in [0.1, 0.15) is 22.7 Å². The molecule has 0 unspecified atom stereocenters. The Kier molecular flexibility index (Phi) is 4.87. The van der Waals surface area contributed by atoms with Gasteiger partial charge in [-0.2, -0.15) is 0 Å². The van der Waals surface area contributed by atoms with Gasteiger partial charge in [0.05, 0.1) is 18.2 Å². The summed E-state index contributed by atoms with van der Waals surface area (Å²) in [4.78, 5) is 9.95. The fourth-order valence-corrected chi connectivity index (χ4v) is 4.45. The summed E-state index contributed by atoms with van der Waals surface area (Å²) in [5.74, 6) is 1.54. The van der Waals surface area contributed by atoms with E-state index in [4.69, 9.17) is 4.74 Å². The van der Waals surface area contributed by atoms with E-state index in [2.05, 4.69) is 69.2 Å². The lowest BCUT2D eigenvalue weighted by Crippen LogP contribution is -1.98. The summed E-state index contributed by atoms with van der Waals surface area (Å²) >= 11 is 1.62. The Morgan fingerprint density at radius 1 is 0.767 bits per heavy atom. The standard InChI is InChI=1S/C25H19N3OS/c1-29-22-10-6-5-9-21(22)28-24-23-20(15-30-25(23)27-16-26-24)19-13-11-18(12-14-19)17-7-3-2-4-8-17/h2-16H,1H3,(H,26,27,28). The van der Waals surface area contributed by atoms with E-state index in [0.717, 1.165) is 38.6 Å². The SMILES string of the molecule is COc1ccccc1Nc1ncnc2scc(-c3ccc(-c4ccccc4)cc3)c12. The number of hydrogen-bond donors (Lipinski definition) is 1. The first-order chi connectivity index (χ1) is 14.8. The van der Waals surface area contributed by atoms with Crippen LogP contribution in [0.15, 0.2) is 90.6 Å². The first-order valence-corrected chi connectivity index (χ1v) is 10.5. The number of rotatable bonds is 5. The second-order valence-electron chi connectivity index (χ2n) is 6.82. The van der Waals surface area contributed by atoms with Crippen molar-refractivity contribution < 1.29 is 4.74 Å². The first-order valence-electron chi connectivity index (χ1n) is 9.61. The highest BCUT2D eigenvalue weighted by Gasteiger charge is 2.14. The van der Waals surface area contributed by atoms with E-state index in [1.54, 1.807) is 24.8 Å². The quantitative estimate of drug-likeness (QED) is 0.348. The Hall–Kier alpha value is -3.70. The van der Waals surface area contributed by atoms with Gasteiger partial charge < -0.3 is 10.1 Å². The van der Waals surface area contributed by atoms with Crippen LogP contribution in [-0.4, -0.2) is 17.1 Å². The third kappa shape index (κ3) is 3.40. The molecule has 0 aliphatic carbocycles. The molecule has 0 radical (unpaired) electrons. The van der Waals surface area contributed by atoms with Crippen molar-refractivity contribution in [2.75, 3.05) is 12.4 Å². The van der Waals surface area contributed by atoms with E-state index in [-0.39, 0.29) is 0 Å². The molecule has 0 aliphatic heterocycles. The Balaban J connectivity index is 1.56. The average molecular weight is 410 g/mol. The molecule has 0 amide bonds. The molecule has 1 N–H and O–H groups in total. The Morgan fingerprint density at radius 3 is 2.27 bits per heavy atom. The lowest BCUT2D eigenvalue weighted by Gasteiger charge is -2.12. The molecule has 30 heavy (non-hydrogen) atoms. The molecule has 146 valence electrons. The van der Waals surface area contributed by atoms with Crippen molar-refractivity contribution in [2.45, 2.75) is 0 Å². The van der Waals surface area contributed by atoms with Crippen LogP contribution in [0.3, 0.4) is 0 Å². The third-order valence-electron chi connectivity index (χ3n) is 5.03. The molecule has 3 aromatic carbocycles. The largest absolute Gasteiger partial charge is 0.495 e. The Morgan fingerprint density at radius 2 is 1.47 bits per heavy atom. The molecule has 5 aromatic rings. The fraction of sp³-hybridized carbons (Fsp3) is 0.0400. The van der Waals surface area contributed by atoms with Gasteiger partial charge in [0.15, 0.2) is 0 Å². The molecule has 0 spiro atoms. The van der Waals surface area contributed by atoms with Crippen molar-refractivity contribution in [3.63, 3.8) is 0 Å². The molecular formula is C25H19N3OS. The van der Waals surface area contributed by atoms with Gasteiger partial charge >= 0.3 is 0 Å². The molecule has 2 heterocycles. The predicted octanol–water partition coefficient (Wildman–Crippen LogP) is 6.78. The monoisotopic (exact) mass is 409 g/mol. The van der Waals surface area contributed by atoms with Gasteiger partial charge in [-0.25, -0.2) is 9.97 Å². The number of fused-ring (bicyclic) bond motifs is 1. The number of methoxy groups -OCH3 is 1. The van der Waals surface area contributed by atoms with E-state index in [1.165, 1.54) is 11.1 Å². The van der Waals surface area contributed by atoms with E-state index < -0.39 is 0 Å². The zero-order chi connectivity index (χ0) is 20.3. The summed E-state index contributed by atoms with van der Waals surface area (Å²) in [7, 11) is 1.67. The van der Waals surface area contributed by atoms with Crippen molar-refractivity contribution in [1.29, 1.82) is 0 Å². The van der Waals surface area contributed by atoms with Crippen molar-refractivity contribution >= 4 is 33.1 Å². The number of aromatic nitrogens is 2. The summed E-state index contributed by atoms with van der Waals surface area (Å²) in [5.41, 5.74) is 5.53. The number of ether oxygens (including phenoxy) is 1. The molecule has 5 heteroatoms. The Labute approximate surface area is 178 Å². The maximum absolute atomic E-state index is 5.48. The normalized spacial score (nSPS) is 10.8. The van der Waals surface area contributed by atoms with Gasteiger partial charge in [0.2, 0.25) is 0 Å². The Bertz CT molecular complexity index is 1300. The third-order valence-corrected chi connectivity index (χ3v) is 5.92. The van der Waals surface area contributed by atoms with Crippen molar-refractivity contribution in [1.82, 2.24) is 9.97 Å². The lowest BCUT2D eigenvalue weighted by molar-refractivity contribution is 0.417. The molecule has 0 saturated heterocycles. The topological polar surface area (TPSA) is 47.0 Å². The molecule has 0 fully saturated rings. The highest BCUT2D eigenvalue weighted by molar-refractivity contribution is 7.17. The highest BCUT2D eigenvalue weighted by Crippen LogP contribution is 2.39. The number of thiophene rings is 1. The zero-order valence-corrected chi connectivity index (χ0v) is 17.2. The van der Waals surface area contributed by atoms with Crippen molar-refractivity contribution in [3.05, 3.63) is 90.6 Å². The molecule has 0 bridgehead atoms. The fourth-order valence-electron chi connectivity index (χ4n) is 3.53. The van der Waals surface area contributed by atoms with Crippen LogP contribution in [-0.2, 0) is 0 Å². The van der Waals surface area contributed by atoms with E-state index in [0.29, 0.717) is 0 Å².